The maximum Gasteiger partial charge on any atom is 0.227 e. The fourth-order valence-electron chi connectivity index (χ4n) is 4.76. The van der Waals surface area contributed by atoms with Crippen molar-refractivity contribution in [1.29, 1.82) is 0 Å². The van der Waals surface area contributed by atoms with E-state index in [1.165, 1.54) is 25.0 Å². The Balaban J connectivity index is 1.42. The Bertz CT molecular complexity index is 1180. The molecule has 1 saturated carbocycles. The van der Waals surface area contributed by atoms with Crippen LogP contribution in [0, 0.1) is 24.5 Å². The Morgan fingerprint density at radius 1 is 1.14 bits per heavy atom. The van der Waals surface area contributed by atoms with Crippen molar-refractivity contribution < 1.29 is 23.4 Å². The number of β-amino-alcohol motifs (C(OH)–C–C–N with tert-alkyl or cyclic N) is 1. The van der Waals surface area contributed by atoms with E-state index in [0.717, 1.165) is 42.6 Å². The fraction of sp³-hybridized carbons (Fsp3) is 0.464. The topological polar surface area (TPSA) is 63.0 Å². The summed E-state index contributed by atoms with van der Waals surface area (Å²) in [7, 11) is 0. The van der Waals surface area contributed by atoms with Gasteiger partial charge in [-0.3, -0.25) is 9.80 Å². The van der Waals surface area contributed by atoms with E-state index in [9.17, 15) is 13.9 Å². The van der Waals surface area contributed by atoms with Crippen LogP contribution in [0.2, 0.25) is 0 Å². The minimum atomic E-state index is -0.778. The van der Waals surface area contributed by atoms with E-state index in [1.807, 2.05) is 37.3 Å². The minimum Gasteiger partial charge on any atom is -0.435 e. The number of aliphatic hydroxyl groups is 1. The second-order valence-corrected chi connectivity index (χ2v) is 10.00. The summed E-state index contributed by atoms with van der Waals surface area (Å²) in [5, 5.41) is 15.7. The first-order valence-corrected chi connectivity index (χ1v) is 12.9. The molecule has 0 unspecified atom stereocenters. The minimum absolute atomic E-state index is 0.0687. The molecule has 7 nitrogen and oxygen atoms in total. The van der Waals surface area contributed by atoms with Gasteiger partial charge < -0.3 is 14.6 Å². The van der Waals surface area contributed by atoms with Crippen LogP contribution in [0.25, 0.3) is 5.69 Å². The standard InChI is InChI=1S/C28H34F2N4O3/c1-20-25(19-33(16-21-7-8-21)18-24(35)17-32-11-13-36-14-12-32)28(34(31-20)23-5-3-2-4-6-23)37-27-10-9-22(29)15-26(27)30/h2-6,9-10,15,21,24,35H,7-8,11-14,16-19H2,1H3/t24-/m1/s1. The third-order valence-electron chi connectivity index (χ3n) is 6.88. The number of para-hydroxylation sites is 1. The summed E-state index contributed by atoms with van der Waals surface area (Å²) in [6.45, 7) is 7.39. The molecular formula is C28H34F2N4O3. The van der Waals surface area contributed by atoms with Gasteiger partial charge in [0, 0.05) is 45.3 Å². The summed E-state index contributed by atoms with van der Waals surface area (Å²) in [4.78, 5) is 4.48. The van der Waals surface area contributed by atoms with Gasteiger partial charge in [-0.05, 0) is 49.9 Å². The van der Waals surface area contributed by atoms with Crippen LogP contribution >= 0.6 is 0 Å². The zero-order chi connectivity index (χ0) is 25.8. The lowest BCUT2D eigenvalue weighted by Gasteiger charge is -2.31. The molecule has 2 fully saturated rings. The monoisotopic (exact) mass is 512 g/mol. The lowest BCUT2D eigenvalue weighted by molar-refractivity contribution is 0.00585. The predicted molar refractivity (Wildman–Crippen MR) is 136 cm³/mol. The van der Waals surface area contributed by atoms with Crippen LogP contribution in [0.4, 0.5) is 8.78 Å². The number of morpholine rings is 1. The van der Waals surface area contributed by atoms with Crippen LogP contribution in [0.3, 0.4) is 0 Å². The van der Waals surface area contributed by atoms with Crippen LogP contribution in [-0.2, 0) is 11.3 Å². The van der Waals surface area contributed by atoms with Crippen LogP contribution in [-0.4, -0.2) is 76.7 Å². The van der Waals surface area contributed by atoms with E-state index in [4.69, 9.17) is 14.6 Å². The molecule has 1 aliphatic heterocycles. The maximum atomic E-state index is 14.6. The van der Waals surface area contributed by atoms with Gasteiger partial charge in [0.25, 0.3) is 0 Å². The second kappa shape index (κ2) is 11.7. The lowest BCUT2D eigenvalue weighted by Crippen LogP contribution is -2.44. The van der Waals surface area contributed by atoms with E-state index in [2.05, 4.69) is 9.80 Å². The van der Waals surface area contributed by atoms with Gasteiger partial charge in [0.05, 0.1) is 36.3 Å². The molecule has 1 aromatic heterocycles. The lowest BCUT2D eigenvalue weighted by atomic mass is 10.2. The fourth-order valence-corrected chi connectivity index (χ4v) is 4.76. The van der Waals surface area contributed by atoms with Crippen molar-refractivity contribution in [2.75, 3.05) is 45.9 Å². The summed E-state index contributed by atoms with van der Waals surface area (Å²) in [6.07, 6.45) is 1.85. The summed E-state index contributed by atoms with van der Waals surface area (Å²) in [6, 6.07) is 12.8. The van der Waals surface area contributed by atoms with E-state index in [1.54, 1.807) is 4.68 Å². The van der Waals surface area contributed by atoms with Gasteiger partial charge >= 0.3 is 0 Å². The molecule has 2 aliphatic rings. The number of benzene rings is 2. The number of halogens is 2. The highest BCUT2D eigenvalue weighted by atomic mass is 19.1. The number of aromatic nitrogens is 2. The number of ether oxygens (including phenoxy) is 2. The summed E-state index contributed by atoms with van der Waals surface area (Å²) < 4.78 is 41.3. The van der Waals surface area contributed by atoms with Crippen LogP contribution in [0.15, 0.2) is 48.5 Å². The number of aliphatic hydroxyl groups excluding tert-OH is 1. The molecule has 0 amide bonds. The highest BCUT2D eigenvalue weighted by Crippen LogP contribution is 2.35. The Morgan fingerprint density at radius 3 is 2.59 bits per heavy atom. The van der Waals surface area contributed by atoms with Crippen LogP contribution < -0.4 is 4.74 Å². The van der Waals surface area contributed by atoms with Gasteiger partial charge in [0.15, 0.2) is 11.6 Å². The number of hydrogen-bond acceptors (Lipinski definition) is 6. The summed E-state index contributed by atoms with van der Waals surface area (Å²) in [5.41, 5.74) is 2.34. The molecular weight excluding hydrogens is 478 g/mol. The first kappa shape index (κ1) is 25.8. The smallest absolute Gasteiger partial charge is 0.227 e. The van der Waals surface area contributed by atoms with E-state index in [-0.39, 0.29) is 5.75 Å². The number of aryl methyl sites for hydroxylation is 1. The largest absolute Gasteiger partial charge is 0.435 e. The molecule has 1 N–H and O–H groups in total. The zero-order valence-electron chi connectivity index (χ0n) is 21.2. The summed E-state index contributed by atoms with van der Waals surface area (Å²) in [5.74, 6) is -0.514. The van der Waals surface area contributed by atoms with Crippen molar-refractivity contribution in [2.45, 2.75) is 32.4 Å². The molecule has 37 heavy (non-hydrogen) atoms. The quantitative estimate of drug-likeness (QED) is 0.417. The first-order valence-electron chi connectivity index (χ1n) is 12.9. The third-order valence-corrected chi connectivity index (χ3v) is 6.88. The molecule has 3 aromatic rings. The molecule has 0 bridgehead atoms. The number of rotatable bonds is 11. The Morgan fingerprint density at radius 2 is 1.89 bits per heavy atom. The first-order chi connectivity index (χ1) is 18.0. The van der Waals surface area contributed by atoms with Crippen molar-refractivity contribution in [3.63, 3.8) is 0 Å². The van der Waals surface area contributed by atoms with Crippen LogP contribution in [0.1, 0.15) is 24.1 Å². The highest BCUT2D eigenvalue weighted by molar-refractivity contribution is 5.43. The Kier molecular flexibility index (Phi) is 8.14. The molecule has 9 heteroatoms. The summed E-state index contributed by atoms with van der Waals surface area (Å²) >= 11 is 0. The van der Waals surface area contributed by atoms with Gasteiger partial charge in [-0.2, -0.15) is 5.10 Å². The second-order valence-electron chi connectivity index (χ2n) is 10.00. The third kappa shape index (κ3) is 6.73. The Hall–Kier alpha value is -2.85. The maximum absolute atomic E-state index is 14.6. The molecule has 5 rings (SSSR count). The SMILES string of the molecule is Cc1nn(-c2ccccc2)c(Oc2ccc(F)cc2F)c1CN(CC1CC1)C[C@H](O)CN1CCOCC1. The van der Waals surface area contributed by atoms with Gasteiger partial charge in [0.2, 0.25) is 5.88 Å². The molecule has 1 saturated heterocycles. The molecule has 2 heterocycles. The van der Waals surface area contributed by atoms with Crippen molar-refractivity contribution in [3.05, 3.63) is 71.4 Å². The van der Waals surface area contributed by atoms with E-state index in [0.29, 0.717) is 44.6 Å². The zero-order valence-corrected chi connectivity index (χ0v) is 21.2. The number of nitrogens with zero attached hydrogens (tertiary/aromatic N) is 4. The van der Waals surface area contributed by atoms with Crippen molar-refractivity contribution in [2.24, 2.45) is 5.92 Å². The highest BCUT2D eigenvalue weighted by Gasteiger charge is 2.29. The molecule has 198 valence electrons. The van der Waals surface area contributed by atoms with Gasteiger partial charge in [-0.25, -0.2) is 13.5 Å². The van der Waals surface area contributed by atoms with Crippen LogP contribution in [0.5, 0.6) is 11.6 Å². The average Bonchev–Trinajstić information content (AvgIpc) is 3.65. The molecule has 1 aliphatic carbocycles. The Labute approximate surface area is 216 Å². The normalized spacial score (nSPS) is 17.3. The molecule has 1 atom stereocenters. The van der Waals surface area contributed by atoms with Gasteiger partial charge in [0.1, 0.15) is 5.82 Å². The van der Waals surface area contributed by atoms with Crippen molar-refractivity contribution in [1.82, 2.24) is 19.6 Å². The number of hydrogen-bond donors (Lipinski definition) is 1. The van der Waals surface area contributed by atoms with E-state index < -0.39 is 17.7 Å². The molecule has 0 radical (unpaired) electrons. The molecule has 2 aromatic carbocycles. The molecule has 0 spiro atoms. The predicted octanol–water partition coefficient (Wildman–Crippen LogP) is 4.16. The van der Waals surface area contributed by atoms with Gasteiger partial charge in [-0.15, -0.1) is 0 Å². The van der Waals surface area contributed by atoms with E-state index >= 15 is 0 Å². The van der Waals surface area contributed by atoms with Gasteiger partial charge in [-0.1, -0.05) is 18.2 Å². The van der Waals surface area contributed by atoms with Crippen molar-refractivity contribution in [3.8, 4) is 17.3 Å². The average molecular weight is 513 g/mol. The van der Waals surface area contributed by atoms with Crippen molar-refractivity contribution >= 4 is 0 Å².